The van der Waals surface area contributed by atoms with E-state index < -0.39 is 12.1 Å². The zero-order valence-corrected chi connectivity index (χ0v) is 19.0. The molecule has 2 heterocycles. The number of alkyl halides is 3. The number of likely N-dealkylation sites (tertiary alicyclic amines) is 1. The van der Waals surface area contributed by atoms with Crippen LogP contribution in [0.5, 0.6) is 0 Å². The average molecular weight is 476 g/mol. The normalized spacial score (nSPS) is 21.2. The summed E-state index contributed by atoms with van der Waals surface area (Å²) in [6.45, 7) is 4.84. The average Bonchev–Trinajstić information content (AvgIpc) is 2.65. The molecule has 1 aromatic rings. The molecular weight excluding hydrogens is 447 g/mol. The lowest BCUT2D eigenvalue weighted by Crippen LogP contribution is -2.65. The third-order valence-corrected chi connectivity index (χ3v) is 7.04. The molecule has 0 unspecified atom stereocenters. The van der Waals surface area contributed by atoms with Gasteiger partial charge in [-0.05, 0) is 67.8 Å². The molecule has 0 atom stereocenters. The smallest absolute Gasteiger partial charge is 0.475 e. The summed E-state index contributed by atoms with van der Waals surface area (Å²) >= 11 is 6.39. The van der Waals surface area contributed by atoms with E-state index in [9.17, 15) is 18.0 Å². The molecule has 1 amide bonds. The largest absolute Gasteiger partial charge is 0.490 e. The van der Waals surface area contributed by atoms with E-state index in [0.29, 0.717) is 21.9 Å². The van der Waals surface area contributed by atoms with E-state index in [4.69, 9.17) is 21.5 Å². The molecule has 1 saturated carbocycles. The minimum absolute atomic E-state index is 0.0317. The summed E-state index contributed by atoms with van der Waals surface area (Å²) in [5, 5.41) is 11.1. The molecule has 2 saturated heterocycles. The van der Waals surface area contributed by atoms with Crippen LogP contribution in [0.3, 0.4) is 0 Å². The third-order valence-electron chi connectivity index (χ3n) is 6.73. The number of carboxylic acid groups (broad SMARTS) is 1. The van der Waals surface area contributed by atoms with E-state index in [1.54, 1.807) is 19.0 Å². The molecule has 1 aromatic carbocycles. The van der Waals surface area contributed by atoms with Crippen LogP contribution < -0.4 is 5.32 Å². The molecule has 1 spiro atoms. The number of halogens is 4. The van der Waals surface area contributed by atoms with Crippen LogP contribution in [-0.2, 0) is 4.79 Å². The maximum Gasteiger partial charge on any atom is 0.490 e. The molecule has 4 rings (SSSR count). The second kappa shape index (κ2) is 9.57. The van der Waals surface area contributed by atoms with Gasteiger partial charge in [0, 0.05) is 33.2 Å². The first-order valence-corrected chi connectivity index (χ1v) is 11.1. The minimum Gasteiger partial charge on any atom is -0.475 e. The van der Waals surface area contributed by atoms with Crippen LogP contribution in [0.25, 0.3) is 0 Å². The molecule has 3 fully saturated rings. The number of carboxylic acids is 1. The highest BCUT2D eigenvalue weighted by Crippen LogP contribution is 2.47. The van der Waals surface area contributed by atoms with Crippen molar-refractivity contribution in [2.75, 3.05) is 40.3 Å². The first-order valence-electron chi connectivity index (χ1n) is 10.7. The summed E-state index contributed by atoms with van der Waals surface area (Å²) in [5.74, 6) is -2.22. The van der Waals surface area contributed by atoms with Gasteiger partial charge in [0.2, 0.25) is 0 Å². The lowest BCUT2D eigenvalue weighted by molar-refractivity contribution is -0.192. The number of nitrogens with one attached hydrogen (secondary N) is 1. The quantitative estimate of drug-likeness (QED) is 0.698. The van der Waals surface area contributed by atoms with Crippen LogP contribution in [0.1, 0.15) is 47.5 Å². The van der Waals surface area contributed by atoms with Gasteiger partial charge in [-0.1, -0.05) is 17.7 Å². The highest BCUT2D eigenvalue weighted by atomic mass is 35.5. The fourth-order valence-corrected chi connectivity index (χ4v) is 5.03. The first kappa shape index (κ1) is 24.8. The van der Waals surface area contributed by atoms with Crippen molar-refractivity contribution in [3.8, 4) is 0 Å². The van der Waals surface area contributed by atoms with Crippen LogP contribution >= 0.6 is 11.6 Å². The summed E-state index contributed by atoms with van der Waals surface area (Å²) in [6.07, 6.45) is 0.0772. The van der Waals surface area contributed by atoms with E-state index in [1.807, 2.05) is 12.1 Å². The zero-order chi connectivity index (χ0) is 23.7. The lowest BCUT2D eigenvalue weighted by Gasteiger charge is -2.58. The number of nitrogens with zero attached hydrogens (tertiary/aromatic N) is 2. The fraction of sp³-hybridized carbons (Fsp3) is 0.636. The first-order chi connectivity index (χ1) is 14.9. The summed E-state index contributed by atoms with van der Waals surface area (Å²) < 4.78 is 31.7. The summed E-state index contributed by atoms with van der Waals surface area (Å²) in [4.78, 5) is 25.3. The van der Waals surface area contributed by atoms with Crippen molar-refractivity contribution < 1.29 is 27.9 Å². The lowest BCUT2D eigenvalue weighted by atomic mass is 9.61. The number of aliphatic carboxylic acids is 1. The van der Waals surface area contributed by atoms with Crippen LogP contribution in [0.2, 0.25) is 5.02 Å². The van der Waals surface area contributed by atoms with E-state index in [2.05, 4.69) is 16.3 Å². The predicted molar refractivity (Wildman–Crippen MR) is 115 cm³/mol. The molecule has 0 aromatic heterocycles. The second-order valence-corrected chi connectivity index (χ2v) is 9.62. The van der Waals surface area contributed by atoms with Crippen molar-refractivity contribution >= 4 is 23.5 Å². The molecule has 3 aliphatic rings. The van der Waals surface area contributed by atoms with Gasteiger partial charge in [-0.3, -0.25) is 4.79 Å². The van der Waals surface area contributed by atoms with Gasteiger partial charge in [-0.25, -0.2) is 4.79 Å². The van der Waals surface area contributed by atoms with Gasteiger partial charge in [0.05, 0.1) is 10.6 Å². The number of hydrogen-bond donors (Lipinski definition) is 2. The zero-order valence-electron chi connectivity index (χ0n) is 18.2. The van der Waals surface area contributed by atoms with E-state index in [-0.39, 0.29) is 5.91 Å². The number of carbonyl (C=O) groups excluding carboxylic acids is 1. The van der Waals surface area contributed by atoms with Gasteiger partial charge in [0.15, 0.2) is 0 Å². The highest BCUT2D eigenvalue weighted by molar-refractivity contribution is 6.33. The van der Waals surface area contributed by atoms with Crippen molar-refractivity contribution in [2.24, 2.45) is 5.41 Å². The Balaban J connectivity index is 0.000000360. The third kappa shape index (κ3) is 5.55. The molecule has 0 radical (unpaired) electrons. The van der Waals surface area contributed by atoms with Crippen molar-refractivity contribution in [3.63, 3.8) is 0 Å². The Morgan fingerprint density at radius 2 is 1.75 bits per heavy atom. The maximum absolute atomic E-state index is 12.1. The van der Waals surface area contributed by atoms with Crippen molar-refractivity contribution in [2.45, 2.75) is 43.8 Å². The van der Waals surface area contributed by atoms with E-state index >= 15 is 0 Å². The monoisotopic (exact) mass is 475 g/mol. The van der Waals surface area contributed by atoms with Crippen molar-refractivity contribution in [1.82, 2.24) is 15.1 Å². The van der Waals surface area contributed by atoms with Crippen molar-refractivity contribution in [3.05, 3.63) is 34.3 Å². The van der Waals surface area contributed by atoms with Gasteiger partial charge in [-0.2, -0.15) is 13.2 Å². The summed E-state index contributed by atoms with van der Waals surface area (Å²) in [6, 6.07) is 6.82. The second-order valence-electron chi connectivity index (χ2n) is 9.22. The molecule has 178 valence electrons. The Kier molecular flexibility index (Phi) is 7.41. The SMILES string of the molecule is CN(C)C(=O)c1ccc(C2CCN(C3CC4(CNC4)C3)CC2)cc1Cl.O=C(O)C(F)(F)F. The summed E-state index contributed by atoms with van der Waals surface area (Å²) in [5.41, 5.74) is 2.54. The Hall–Kier alpha value is -1.84. The van der Waals surface area contributed by atoms with Crippen LogP contribution in [0.15, 0.2) is 18.2 Å². The Morgan fingerprint density at radius 1 is 1.19 bits per heavy atom. The fourth-order valence-electron chi connectivity index (χ4n) is 4.76. The maximum atomic E-state index is 12.1. The molecule has 2 N–H and O–H groups in total. The molecule has 6 nitrogen and oxygen atoms in total. The summed E-state index contributed by atoms with van der Waals surface area (Å²) in [7, 11) is 3.51. The van der Waals surface area contributed by atoms with Crippen LogP contribution in [0.4, 0.5) is 13.2 Å². The molecule has 0 bridgehead atoms. The molecule has 32 heavy (non-hydrogen) atoms. The van der Waals surface area contributed by atoms with Crippen LogP contribution in [-0.4, -0.2) is 79.3 Å². The number of benzene rings is 1. The van der Waals surface area contributed by atoms with Crippen LogP contribution in [0, 0.1) is 5.41 Å². The molecule has 10 heteroatoms. The highest BCUT2D eigenvalue weighted by Gasteiger charge is 2.50. The Labute approximate surface area is 190 Å². The van der Waals surface area contributed by atoms with Gasteiger partial charge in [-0.15, -0.1) is 0 Å². The van der Waals surface area contributed by atoms with Gasteiger partial charge >= 0.3 is 12.1 Å². The Morgan fingerprint density at radius 3 is 2.16 bits per heavy atom. The van der Waals surface area contributed by atoms with E-state index in [1.165, 1.54) is 57.4 Å². The number of hydrogen-bond acceptors (Lipinski definition) is 4. The molecule has 1 aliphatic carbocycles. The minimum atomic E-state index is -5.08. The standard InChI is InChI=1S/C20H28ClN3O.C2HF3O2/c1-23(2)19(25)17-4-3-15(9-18(17)21)14-5-7-24(8-6-14)16-10-20(11-16)12-22-13-20;3-2(4,5)1(6)7/h3-4,9,14,16,22H,5-8,10-13H2,1-2H3;(H,6,7). The predicted octanol–water partition coefficient (Wildman–Crippen LogP) is 3.61. The number of amides is 1. The Bertz CT molecular complexity index is 843. The molecule has 2 aliphatic heterocycles. The van der Waals surface area contributed by atoms with Gasteiger partial charge < -0.3 is 20.2 Å². The number of carbonyl (C=O) groups is 2. The molecular formula is C22H29ClF3N3O3. The van der Waals surface area contributed by atoms with Crippen molar-refractivity contribution in [1.29, 1.82) is 0 Å². The van der Waals surface area contributed by atoms with E-state index in [0.717, 1.165) is 6.04 Å². The number of rotatable bonds is 3. The van der Waals surface area contributed by atoms with Gasteiger partial charge in [0.1, 0.15) is 0 Å². The topological polar surface area (TPSA) is 72.9 Å². The number of piperidine rings is 1. The van der Waals surface area contributed by atoms with Gasteiger partial charge in [0.25, 0.3) is 5.91 Å².